The summed E-state index contributed by atoms with van der Waals surface area (Å²) in [5.41, 5.74) is 4.77. The zero-order valence-corrected chi connectivity index (χ0v) is 13.7. The molecule has 0 aliphatic heterocycles. The monoisotopic (exact) mass is 390 g/mol. The number of carbonyl (C=O) groups is 1. The largest absolute Gasteiger partial charge is 0.480 e. The molecule has 2 aromatic rings. The van der Waals surface area contributed by atoms with Gasteiger partial charge < -0.3 is 15.9 Å². The molecule has 0 spiro atoms. The summed E-state index contributed by atoms with van der Waals surface area (Å²) in [6, 6.07) is 9.27. The van der Waals surface area contributed by atoms with E-state index in [0.717, 1.165) is 9.86 Å². The van der Waals surface area contributed by atoms with E-state index in [1.165, 1.54) is 6.07 Å². The average Bonchev–Trinajstić information content (AvgIpc) is 2.46. The van der Waals surface area contributed by atoms with E-state index in [2.05, 4.69) is 15.9 Å². The van der Waals surface area contributed by atoms with Crippen molar-refractivity contribution >= 4 is 42.7 Å². The maximum Gasteiger partial charge on any atom is 0.322 e. The van der Waals surface area contributed by atoms with Gasteiger partial charge in [-0.3, -0.25) is 4.79 Å². The highest BCUT2D eigenvalue weighted by Crippen LogP contribution is 2.28. The molecule has 9 heteroatoms. The van der Waals surface area contributed by atoms with Gasteiger partial charge in [0.25, 0.3) is 0 Å². The lowest BCUT2D eigenvalue weighted by atomic mass is 10.1. The van der Waals surface area contributed by atoms with Crippen molar-refractivity contribution in [2.45, 2.75) is 10.9 Å². The van der Waals surface area contributed by atoms with E-state index in [1.54, 1.807) is 18.2 Å². The third kappa shape index (κ3) is 4.75. The molecular formula is C13H15BrN2O5S. The molecule has 1 atom stereocenters. The average molecular weight is 391 g/mol. The van der Waals surface area contributed by atoms with Gasteiger partial charge in [0, 0.05) is 9.86 Å². The fourth-order valence-electron chi connectivity index (χ4n) is 1.56. The first-order chi connectivity index (χ1) is 10.2. The van der Waals surface area contributed by atoms with Crippen LogP contribution in [0, 0.1) is 0 Å². The molecule has 0 aliphatic rings. The molecule has 0 radical (unpaired) electrons. The van der Waals surface area contributed by atoms with E-state index < -0.39 is 28.6 Å². The number of carboxylic acid groups (broad SMARTS) is 1. The number of carboxylic acids is 1. The van der Waals surface area contributed by atoms with E-state index in [9.17, 15) is 13.2 Å². The summed E-state index contributed by atoms with van der Waals surface area (Å²) < 4.78 is 23.5. The molecule has 0 saturated carbocycles. The molecule has 0 heterocycles. The van der Waals surface area contributed by atoms with Gasteiger partial charge in [-0.1, -0.05) is 40.2 Å². The van der Waals surface area contributed by atoms with E-state index in [0.29, 0.717) is 5.39 Å². The number of sulfonamides is 1. The zero-order valence-electron chi connectivity index (χ0n) is 11.3. The van der Waals surface area contributed by atoms with Crippen LogP contribution in [0.1, 0.15) is 0 Å². The predicted molar refractivity (Wildman–Crippen MR) is 85.7 cm³/mol. The van der Waals surface area contributed by atoms with E-state index in [-0.39, 0.29) is 4.90 Å². The third-order valence-electron chi connectivity index (χ3n) is 2.65. The Morgan fingerprint density at radius 1 is 1.18 bits per heavy atom. The minimum Gasteiger partial charge on any atom is -0.480 e. The molecule has 7 nitrogen and oxygen atoms in total. The smallest absolute Gasteiger partial charge is 0.322 e. The van der Waals surface area contributed by atoms with Crippen LogP contribution in [0.15, 0.2) is 45.8 Å². The molecule has 0 aromatic heterocycles. The Hall–Kier alpha value is -1.52. The van der Waals surface area contributed by atoms with Gasteiger partial charge in [-0.05, 0) is 17.5 Å². The molecule has 0 saturated heterocycles. The van der Waals surface area contributed by atoms with Gasteiger partial charge in [-0.15, -0.1) is 0 Å². The number of hydrogen-bond donors (Lipinski definition) is 4. The molecule has 0 aliphatic carbocycles. The van der Waals surface area contributed by atoms with Crippen molar-refractivity contribution in [2.24, 2.45) is 10.9 Å². The number of fused-ring (bicyclic) bond motifs is 1. The van der Waals surface area contributed by atoms with Crippen molar-refractivity contribution in [1.29, 1.82) is 0 Å². The van der Waals surface area contributed by atoms with Crippen LogP contribution >= 0.6 is 15.9 Å². The summed E-state index contributed by atoms with van der Waals surface area (Å²) >= 11 is 3.36. The second-order valence-corrected chi connectivity index (χ2v) is 6.65. The predicted octanol–water partition coefficient (Wildman–Crippen LogP) is 0.640. The number of aliphatic hydroxyl groups excluding tert-OH is 1. The molecule has 120 valence electrons. The number of nitrogens with two attached hydrogens (primary N) is 2. The minimum atomic E-state index is -3.67. The quantitative estimate of drug-likeness (QED) is 0.605. The summed E-state index contributed by atoms with van der Waals surface area (Å²) in [6.45, 7) is -0.505. The lowest BCUT2D eigenvalue weighted by Gasteiger charge is -2.05. The second-order valence-electron chi connectivity index (χ2n) is 4.26. The Kier molecular flexibility index (Phi) is 6.45. The minimum absolute atomic E-state index is 0.154. The van der Waals surface area contributed by atoms with Gasteiger partial charge in [0.15, 0.2) is 0 Å². The van der Waals surface area contributed by atoms with Crippen molar-refractivity contribution in [2.75, 3.05) is 6.61 Å². The molecule has 2 aromatic carbocycles. The maximum atomic E-state index is 11.3. The number of halogens is 1. The van der Waals surface area contributed by atoms with Crippen molar-refractivity contribution < 1.29 is 23.4 Å². The molecule has 22 heavy (non-hydrogen) atoms. The van der Waals surface area contributed by atoms with Gasteiger partial charge in [0.2, 0.25) is 10.0 Å². The lowest BCUT2D eigenvalue weighted by molar-refractivity contribution is -0.139. The van der Waals surface area contributed by atoms with Gasteiger partial charge in [0.1, 0.15) is 6.04 Å². The molecular weight excluding hydrogens is 376 g/mol. The van der Waals surface area contributed by atoms with Gasteiger partial charge >= 0.3 is 5.97 Å². The van der Waals surface area contributed by atoms with Crippen molar-refractivity contribution in [3.63, 3.8) is 0 Å². The Balaban J connectivity index is 0.000000295. The number of hydrogen-bond acceptors (Lipinski definition) is 5. The Morgan fingerprint density at radius 2 is 1.73 bits per heavy atom. The molecule has 0 fully saturated rings. The number of aliphatic carboxylic acids is 1. The van der Waals surface area contributed by atoms with E-state index in [1.807, 2.05) is 12.1 Å². The number of benzene rings is 2. The highest BCUT2D eigenvalue weighted by molar-refractivity contribution is 9.10. The van der Waals surface area contributed by atoms with Gasteiger partial charge in [-0.25, -0.2) is 13.6 Å². The fraction of sp³-hybridized carbons (Fsp3) is 0.154. The zero-order chi connectivity index (χ0) is 16.9. The standard InChI is InChI=1S/C10H8BrNO2S.C3H7NO3/c11-9-5-6-10(15(12,13)14)8-4-2-1-3-7(8)9;4-2(1-5)3(6)7/h1-6H,(H2,12,13,14);2,5H,1,4H2,(H,6,7)/t;2-/m.0/s1. The summed E-state index contributed by atoms with van der Waals surface area (Å²) in [6.07, 6.45) is 0. The Bertz CT molecular complexity index is 779. The van der Waals surface area contributed by atoms with Crippen molar-refractivity contribution in [3.05, 3.63) is 40.9 Å². The summed E-state index contributed by atoms with van der Waals surface area (Å²) in [5.74, 6) is -1.18. The van der Waals surface area contributed by atoms with Crippen LogP contribution in [0.4, 0.5) is 0 Å². The number of rotatable bonds is 3. The first-order valence-electron chi connectivity index (χ1n) is 5.97. The van der Waals surface area contributed by atoms with E-state index in [4.69, 9.17) is 21.1 Å². The molecule has 0 amide bonds. The Morgan fingerprint density at radius 3 is 2.14 bits per heavy atom. The maximum absolute atomic E-state index is 11.3. The molecule has 0 unspecified atom stereocenters. The lowest BCUT2D eigenvalue weighted by Crippen LogP contribution is -2.33. The highest BCUT2D eigenvalue weighted by Gasteiger charge is 2.12. The Labute approximate surface area is 135 Å². The van der Waals surface area contributed by atoms with E-state index >= 15 is 0 Å². The summed E-state index contributed by atoms with van der Waals surface area (Å²) in [7, 11) is -3.67. The van der Waals surface area contributed by atoms with Crippen LogP contribution in [-0.4, -0.2) is 37.2 Å². The highest BCUT2D eigenvalue weighted by atomic mass is 79.9. The van der Waals surface area contributed by atoms with Gasteiger partial charge in [-0.2, -0.15) is 0 Å². The number of primary sulfonamides is 1. The molecule has 6 N–H and O–H groups in total. The fourth-order valence-corrected chi connectivity index (χ4v) is 2.78. The van der Waals surface area contributed by atoms with Crippen LogP contribution in [-0.2, 0) is 14.8 Å². The van der Waals surface area contributed by atoms with Crippen LogP contribution < -0.4 is 10.9 Å². The van der Waals surface area contributed by atoms with Crippen LogP contribution in [0.2, 0.25) is 0 Å². The first-order valence-corrected chi connectivity index (χ1v) is 8.31. The molecule has 0 bridgehead atoms. The molecule has 2 rings (SSSR count). The topological polar surface area (TPSA) is 144 Å². The first kappa shape index (κ1) is 18.5. The van der Waals surface area contributed by atoms with Crippen LogP contribution in [0.25, 0.3) is 10.8 Å². The van der Waals surface area contributed by atoms with Gasteiger partial charge in [0.05, 0.1) is 11.5 Å². The van der Waals surface area contributed by atoms with Crippen molar-refractivity contribution in [1.82, 2.24) is 0 Å². The second kappa shape index (κ2) is 7.65. The van der Waals surface area contributed by atoms with Crippen molar-refractivity contribution in [3.8, 4) is 0 Å². The number of aliphatic hydroxyl groups is 1. The SMILES string of the molecule is NS(=O)(=O)c1ccc(Br)c2ccccc12.N[C@@H](CO)C(=O)O. The third-order valence-corrected chi connectivity index (χ3v) is 4.31. The normalized spacial score (nSPS) is 12.4. The summed E-state index contributed by atoms with van der Waals surface area (Å²) in [4.78, 5) is 9.80. The van der Waals surface area contributed by atoms with Crippen LogP contribution in [0.3, 0.4) is 0 Å². The van der Waals surface area contributed by atoms with Crippen LogP contribution in [0.5, 0.6) is 0 Å². The summed E-state index contributed by atoms with van der Waals surface area (Å²) in [5, 5.41) is 22.5.